The van der Waals surface area contributed by atoms with Crippen molar-refractivity contribution >= 4 is 5.91 Å². The first kappa shape index (κ1) is 18.0. The Hall–Kier alpha value is -2.79. The van der Waals surface area contributed by atoms with Crippen LogP contribution in [0.1, 0.15) is 39.9 Å². The predicted molar refractivity (Wildman–Crippen MR) is 95.7 cm³/mol. The van der Waals surface area contributed by atoms with E-state index in [2.05, 4.69) is 17.5 Å². The molecular weight excluding hydrogens is 336 g/mol. The van der Waals surface area contributed by atoms with Gasteiger partial charge in [-0.1, -0.05) is 54.6 Å². The van der Waals surface area contributed by atoms with Gasteiger partial charge in [0.05, 0.1) is 12.6 Å². The molecule has 5 heteroatoms. The number of benzene rings is 2. The molecular formula is C21H19F2NO2. The first-order valence-corrected chi connectivity index (χ1v) is 8.39. The summed E-state index contributed by atoms with van der Waals surface area (Å²) >= 11 is 0. The molecule has 2 aromatic rings. The Morgan fingerprint density at radius 1 is 1.12 bits per heavy atom. The minimum Gasteiger partial charge on any atom is -0.394 e. The molecule has 134 valence electrons. The quantitative estimate of drug-likeness (QED) is 0.851. The Bertz CT molecular complexity index is 823. The average Bonchev–Trinajstić information content (AvgIpc) is 2.67. The second kappa shape index (κ2) is 8.06. The summed E-state index contributed by atoms with van der Waals surface area (Å²) in [7, 11) is 0. The fourth-order valence-electron chi connectivity index (χ4n) is 2.98. The van der Waals surface area contributed by atoms with Gasteiger partial charge in [0.1, 0.15) is 17.2 Å². The molecule has 0 saturated carbocycles. The van der Waals surface area contributed by atoms with Gasteiger partial charge in [0.15, 0.2) is 0 Å². The van der Waals surface area contributed by atoms with Crippen molar-refractivity contribution in [3.63, 3.8) is 0 Å². The minimum absolute atomic E-state index is 0.295. The Kier molecular flexibility index (Phi) is 5.58. The number of nitrogens with one attached hydrogen (secondary N) is 1. The molecule has 3 nitrogen and oxygen atoms in total. The number of rotatable bonds is 5. The lowest BCUT2D eigenvalue weighted by atomic mass is 9.91. The Balaban J connectivity index is 1.75. The van der Waals surface area contributed by atoms with E-state index < -0.39 is 29.1 Å². The maximum absolute atomic E-state index is 13.7. The van der Waals surface area contributed by atoms with Gasteiger partial charge in [-0.3, -0.25) is 4.79 Å². The smallest absolute Gasteiger partial charge is 0.257 e. The maximum atomic E-state index is 13.7. The second-order valence-electron chi connectivity index (χ2n) is 6.13. The number of carbonyl (C=O) groups is 1. The van der Waals surface area contributed by atoms with Crippen LogP contribution in [0.3, 0.4) is 0 Å². The van der Waals surface area contributed by atoms with Gasteiger partial charge in [-0.15, -0.1) is 0 Å². The van der Waals surface area contributed by atoms with Gasteiger partial charge >= 0.3 is 0 Å². The lowest BCUT2D eigenvalue weighted by Crippen LogP contribution is -2.32. The minimum atomic E-state index is -0.938. The lowest BCUT2D eigenvalue weighted by Gasteiger charge is -2.19. The second-order valence-corrected chi connectivity index (χ2v) is 6.13. The van der Waals surface area contributed by atoms with Gasteiger partial charge in [0, 0.05) is 5.92 Å². The standard InChI is InChI=1S/C21H19F2NO2/c22-17-7-4-8-18(23)20(17)21(26)24-19(13-25)16-11-9-15(10-12-16)14-5-2-1-3-6-14/h1-5,7-12,14,19,25H,6,13H2,(H,24,26)/t14?,19-/m1/s1. The van der Waals surface area contributed by atoms with Crippen molar-refractivity contribution in [3.05, 3.63) is 95.1 Å². The number of amides is 1. The summed E-state index contributed by atoms with van der Waals surface area (Å²) in [6.07, 6.45) is 9.13. The summed E-state index contributed by atoms with van der Waals surface area (Å²) in [5.41, 5.74) is 1.14. The van der Waals surface area contributed by atoms with Crippen LogP contribution < -0.4 is 5.32 Å². The molecule has 3 rings (SSSR count). The molecule has 26 heavy (non-hydrogen) atoms. The summed E-state index contributed by atoms with van der Waals surface area (Å²) < 4.78 is 27.5. The first-order chi connectivity index (χ1) is 12.6. The monoisotopic (exact) mass is 355 g/mol. The number of aliphatic hydroxyl groups is 1. The zero-order valence-electron chi connectivity index (χ0n) is 14.0. The highest BCUT2D eigenvalue weighted by Crippen LogP contribution is 2.26. The molecule has 1 amide bonds. The summed E-state index contributed by atoms with van der Waals surface area (Å²) in [5.74, 6) is -2.48. The molecule has 0 spiro atoms. The topological polar surface area (TPSA) is 49.3 Å². The number of allylic oxidation sites excluding steroid dienone is 4. The third-order valence-electron chi connectivity index (χ3n) is 4.43. The zero-order valence-corrected chi connectivity index (χ0v) is 14.0. The van der Waals surface area contributed by atoms with Crippen LogP contribution in [0.4, 0.5) is 8.78 Å². The van der Waals surface area contributed by atoms with Crippen molar-refractivity contribution in [2.45, 2.75) is 18.4 Å². The normalized spacial score (nSPS) is 17.1. The molecule has 0 fully saturated rings. The van der Waals surface area contributed by atoms with E-state index in [1.807, 2.05) is 24.3 Å². The van der Waals surface area contributed by atoms with Crippen LogP contribution >= 0.6 is 0 Å². The van der Waals surface area contributed by atoms with E-state index in [4.69, 9.17) is 0 Å². The summed E-state index contributed by atoms with van der Waals surface area (Å²) in [4.78, 5) is 12.2. The van der Waals surface area contributed by atoms with Crippen LogP contribution in [0.2, 0.25) is 0 Å². The van der Waals surface area contributed by atoms with Crippen LogP contribution in [0.15, 0.2) is 66.8 Å². The molecule has 2 aromatic carbocycles. The number of aliphatic hydroxyl groups excluding tert-OH is 1. The summed E-state index contributed by atoms with van der Waals surface area (Å²) in [6, 6.07) is 9.96. The Morgan fingerprint density at radius 3 is 2.38 bits per heavy atom. The summed E-state index contributed by atoms with van der Waals surface area (Å²) in [6.45, 7) is -0.382. The molecule has 1 aliphatic rings. The SMILES string of the molecule is O=C(N[C@H](CO)c1ccc(C2C=CC=CC2)cc1)c1c(F)cccc1F. The van der Waals surface area contributed by atoms with Crippen LogP contribution in [0.25, 0.3) is 0 Å². The van der Waals surface area contributed by atoms with Crippen molar-refractivity contribution in [1.29, 1.82) is 0 Å². The summed E-state index contributed by atoms with van der Waals surface area (Å²) in [5, 5.41) is 12.1. The van der Waals surface area contributed by atoms with Crippen molar-refractivity contribution in [3.8, 4) is 0 Å². The van der Waals surface area contributed by atoms with E-state index in [1.165, 1.54) is 6.07 Å². The fraction of sp³-hybridized carbons (Fsp3) is 0.190. The van der Waals surface area contributed by atoms with E-state index in [1.54, 1.807) is 12.1 Å². The molecule has 0 saturated heterocycles. The molecule has 0 aliphatic heterocycles. The van der Waals surface area contributed by atoms with Crippen LogP contribution in [-0.2, 0) is 0 Å². The van der Waals surface area contributed by atoms with Gasteiger partial charge in [0.25, 0.3) is 5.91 Å². The van der Waals surface area contributed by atoms with Crippen molar-refractivity contribution in [1.82, 2.24) is 5.32 Å². The van der Waals surface area contributed by atoms with E-state index in [0.29, 0.717) is 11.5 Å². The van der Waals surface area contributed by atoms with E-state index in [-0.39, 0.29) is 6.61 Å². The van der Waals surface area contributed by atoms with E-state index in [0.717, 1.165) is 24.1 Å². The molecule has 0 aromatic heterocycles. The molecule has 1 aliphatic carbocycles. The van der Waals surface area contributed by atoms with Crippen LogP contribution in [0.5, 0.6) is 0 Å². The van der Waals surface area contributed by atoms with Gasteiger partial charge in [-0.2, -0.15) is 0 Å². The number of hydrogen-bond donors (Lipinski definition) is 2. The van der Waals surface area contributed by atoms with Crippen molar-refractivity contribution < 1.29 is 18.7 Å². The van der Waals surface area contributed by atoms with Crippen molar-refractivity contribution in [2.24, 2.45) is 0 Å². The van der Waals surface area contributed by atoms with Gasteiger partial charge in [-0.05, 0) is 29.7 Å². The van der Waals surface area contributed by atoms with Crippen LogP contribution in [-0.4, -0.2) is 17.6 Å². The van der Waals surface area contributed by atoms with Crippen molar-refractivity contribution in [2.75, 3.05) is 6.61 Å². The Morgan fingerprint density at radius 2 is 1.81 bits per heavy atom. The molecule has 0 bridgehead atoms. The van der Waals surface area contributed by atoms with Crippen LogP contribution in [0, 0.1) is 11.6 Å². The van der Waals surface area contributed by atoms with E-state index >= 15 is 0 Å². The van der Waals surface area contributed by atoms with E-state index in [9.17, 15) is 18.7 Å². The third-order valence-corrected chi connectivity index (χ3v) is 4.43. The molecule has 2 atom stereocenters. The maximum Gasteiger partial charge on any atom is 0.257 e. The fourth-order valence-corrected chi connectivity index (χ4v) is 2.98. The highest BCUT2D eigenvalue weighted by Gasteiger charge is 2.21. The number of carbonyl (C=O) groups excluding carboxylic acids is 1. The lowest BCUT2D eigenvalue weighted by molar-refractivity contribution is 0.0907. The average molecular weight is 355 g/mol. The zero-order chi connectivity index (χ0) is 18.5. The molecule has 0 radical (unpaired) electrons. The predicted octanol–water partition coefficient (Wildman–Crippen LogP) is 4.03. The van der Waals surface area contributed by atoms with Gasteiger partial charge < -0.3 is 10.4 Å². The first-order valence-electron chi connectivity index (χ1n) is 8.39. The number of hydrogen-bond acceptors (Lipinski definition) is 2. The van der Waals surface area contributed by atoms with Gasteiger partial charge in [-0.25, -0.2) is 8.78 Å². The molecule has 2 N–H and O–H groups in total. The molecule has 0 heterocycles. The third kappa shape index (κ3) is 3.89. The molecule has 1 unspecified atom stereocenters. The largest absolute Gasteiger partial charge is 0.394 e. The number of halogens is 2. The highest BCUT2D eigenvalue weighted by molar-refractivity contribution is 5.95. The highest BCUT2D eigenvalue weighted by atomic mass is 19.1. The van der Waals surface area contributed by atoms with Gasteiger partial charge in [0.2, 0.25) is 0 Å². The Labute approximate surface area is 150 Å².